The molecule has 1 saturated heterocycles. The molecule has 1 aliphatic heterocycles. The fourth-order valence-corrected chi connectivity index (χ4v) is 5.07. The smallest absolute Gasteiger partial charge is 0.227 e. The summed E-state index contributed by atoms with van der Waals surface area (Å²) < 4.78 is 64.2. The van der Waals surface area contributed by atoms with Crippen molar-refractivity contribution in [2.75, 3.05) is 20.1 Å². The quantitative estimate of drug-likeness (QED) is 0.157. The zero-order chi connectivity index (χ0) is 32.3. The standard InChI is InChI=1S/C20H19F2N3O2.C14H8F2N2O/c1-25-10-7-20(26,8-11-25)19-24-17(13-2-4-15(21)5-3-13)18(27-19)14-6-9-23-16(22)12-14;15-11-3-1-9(2-4-11)13-14(19-8-18-13)10-5-6-17-12(16)7-10/h2-6,9,12,26H,7-8,10-11H2,1H3;1-8H. The van der Waals surface area contributed by atoms with E-state index in [4.69, 9.17) is 8.83 Å². The molecule has 46 heavy (non-hydrogen) atoms. The molecule has 0 radical (unpaired) electrons. The van der Waals surface area contributed by atoms with Crippen molar-refractivity contribution in [2.45, 2.75) is 18.4 Å². The molecule has 5 heterocycles. The van der Waals surface area contributed by atoms with E-state index in [-0.39, 0.29) is 17.5 Å². The largest absolute Gasteiger partial charge is 0.443 e. The van der Waals surface area contributed by atoms with E-state index < -0.39 is 17.5 Å². The van der Waals surface area contributed by atoms with Crippen molar-refractivity contribution in [3.8, 4) is 45.2 Å². The van der Waals surface area contributed by atoms with Gasteiger partial charge in [-0.05, 0) is 80.6 Å². The number of pyridine rings is 2. The van der Waals surface area contributed by atoms with Crippen molar-refractivity contribution in [3.05, 3.63) is 121 Å². The topological polar surface area (TPSA) is 101 Å². The first-order valence-electron chi connectivity index (χ1n) is 14.3. The van der Waals surface area contributed by atoms with Gasteiger partial charge in [-0.15, -0.1) is 0 Å². The van der Waals surface area contributed by atoms with E-state index in [1.54, 1.807) is 36.4 Å². The van der Waals surface area contributed by atoms with Crippen molar-refractivity contribution < 1.29 is 31.5 Å². The van der Waals surface area contributed by atoms with Crippen LogP contribution in [0.15, 0.2) is 100 Å². The Kier molecular flexibility index (Phi) is 8.73. The van der Waals surface area contributed by atoms with Crippen LogP contribution in [0.2, 0.25) is 0 Å². The van der Waals surface area contributed by atoms with Crippen molar-refractivity contribution in [1.82, 2.24) is 24.8 Å². The Morgan fingerprint density at radius 2 is 1.20 bits per heavy atom. The molecule has 1 N–H and O–H groups in total. The first kappa shape index (κ1) is 30.8. The lowest BCUT2D eigenvalue weighted by Gasteiger charge is -2.34. The van der Waals surface area contributed by atoms with Gasteiger partial charge in [0.15, 0.2) is 17.9 Å². The monoisotopic (exact) mass is 629 g/mol. The fraction of sp³-hybridized carbons (Fsp3) is 0.176. The molecule has 2 aromatic carbocycles. The van der Waals surface area contributed by atoms with Crippen LogP contribution in [-0.2, 0) is 5.60 Å². The first-order chi connectivity index (χ1) is 22.2. The average Bonchev–Trinajstić information content (AvgIpc) is 3.73. The number of rotatable bonds is 5. The van der Waals surface area contributed by atoms with E-state index in [1.807, 2.05) is 7.05 Å². The summed E-state index contributed by atoms with van der Waals surface area (Å²) in [5, 5.41) is 11.1. The van der Waals surface area contributed by atoms with Gasteiger partial charge in [-0.25, -0.2) is 28.7 Å². The van der Waals surface area contributed by atoms with Crippen LogP contribution < -0.4 is 0 Å². The second kappa shape index (κ2) is 13.0. The Morgan fingerprint density at radius 3 is 1.74 bits per heavy atom. The number of halogens is 4. The van der Waals surface area contributed by atoms with E-state index in [9.17, 15) is 22.7 Å². The zero-order valence-electron chi connectivity index (χ0n) is 24.5. The molecule has 12 heteroatoms. The summed E-state index contributed by atoms with van der Waals surface area (Å²) in [5.41, 5.74) is 2.08. The second-order valence-corrected chi connectivity index (χ2v) is 10.8. The van der Waals surface area contributed by atoms with Crippen molar-refractivity contribution in [1.29, 1.82) is 0 Å². The Labute approximate surface area is 261 Å². The number of hydrogen-bond donors (Lipinski definition) is 1. The third-order valence-corrected chi connectivity index (χ3v) is 7.62. The maximum atomic E-state index is 13.6. The predicted molar refractivity (Wildman–Crippen MR) is 161 cm³/mol. The van der Waals surface area contributed by atoms with Crippen LogP contribution in [0.25, 0.3) is 45.2 Å². The summed E-state index contributed by atoms with van der Waals surface area (Å²) in [6, 6.07) is 17.4. The van der Waals surface area contributed by atoms with Crippen molar-refractivity contribution in [2.24, 2.45) is 0 Å². The Balaban J connectivity index is 0.000000172. The van der Waals surface area contributed by atoms with Gasteiger partial charge >= 0.3 is 0 Å². The average molecular weight is 630 g/mol. The fourth-order valence-electron chi connectivity index (χ4n) is 5.07. The van der Waals surface area contributed by atoms with Gasteiger partial charge < -0.3 is 18.8 Å². The van der Waals surface area contributed by atoms with E-state index in [1.165, 1.54) is 55.2 Å². The minimum atomic E-state index is -1.19. The predicted octanol–water partition coefficient (Wildman–Crippen LogP) is 7.28. The highest BCUT2D eigenvalue weighted by Gasteiger charge is 2.39. The molecule has 0 aliphatic carbocycles. The number of piperidine rings is 1. The Bertz CT molecular complexity index is 1940. The molecule has 0 spiro atoms. The van der Waals surface area contributed by atoms with Crippen LogP contribution in [-0.4, -0.2) is 50.1 Å². The second-order valence-electron chi connectivity index (χ2n) is 10.8. The van der Waals surface area contributed by atoms with Gasteiger partial charge in [-0.3, -0.25) is 0 Å². The zero-order valence-corrected chi connectivity index (χ0v) is 24.5. The molecule has 0 unspecified atom stereocenters. The molecule has 4 aromatic heterocycles. The summed E-state index contributed by atoms with van der Waals surface area (Å²) in [7, 11) is 1.99. The lowest BCUT2D eigenvalue weighted by atomic mass is 9.91. The highest BCUT2D eigenvalue weighted by molar-refractivity contribution is 5.77. The number of nitrogens with zero attached hydrogens (tertiary/aromatic N) is 5. The normalized spacial score (nSPS) is 14.5. The number of oxazole rings is 2. The van der Waals surface area contributed by atoms with Gasteiger partial charge in [-0.2, -0.15) is 8.78 Å². The third kappa shape index (κ3) is 6.72. The van der Waals surface area contributed by atoms with Crippen molar-refractivity contribution in [3.63, 3.8) is 0 Å². The van der Waals surface area contributed by atoms with Crippen LogP contribution in [0.5, 0.6) is 0 Å². The van der Waals surface area contributed by atoms with Gasteiger partial charge in [0, 0.05) is 59.9 Å². The van der Waals surface area contributed by atoms with E-state index >= 15 is 0 Å². The highest BCUT2D eigenvalue weighted by atomic mass is 19.1. The summed E-state index contributed by atoms with van der Waals surface area (Å²) in [4.78, 5) is 17.8. The maximum absolute atomic E-state index is 13.6. The Hall–Kier alpha value is -5.20. The lowest BCUT2D eigenvalue weighted by Crippen LogP contribution is -2.40. The molecule has 0 atom stereocenters. The molecule has 7 rings (SSSR count). The highest BCUT2D eigenvalue weighted by Crippen LogP contribution is 2.39. The molecular weight excluding hydrogens is 602 g/mol. The van der Waals surface area contributed by atoms with Crippen LogP contribution >= 0.6 is 0 Å². The number of aromatic nitrogens is 4. The van der Waals surface area contributed by atoms with Gasteiger partial charge in [0.2, 0.25) is 17.8 Å². The van der Waals surface area contributed by atoms with Crippen LogP contribution in [0.1, 0.15) is 18.7 Å². The molecule has 0 amide bonds. The van der Waals surface area contributed by atoms with Crippen LogP contribution in [0.4, 0.5) is 17.6 Å². The number of benzene rings is 2. The third-order valence-electron chi connectivity index (χ3n) is 7.62. The van der Waals surface area contributed by atoms with Crippen LogP contribution in [0.3, 0.4) is 0 Å². The molecule has 1 aliphatic rings. The van der Waals surface area contributed by atoms with Gasteiger partial charge in [0.05, 0.1) is 0 Å². The Morgan fingerprint density at radius 1 is 0.674 bits per heavy atom. The minimum absolute atomic E-state index is 0.196. The molecule has 6 aromatic rings. The summed E-state index contributed by atoms with van der Waals surface area (Å²) in [6.45, 7) is 1.42. The number of aliphatic hydroxyl groups is 1. The lowest BCUT2D eigenvalue weighted by molar-refractivity contribution is -0.0410. The van der Waals surface area contributed by atoms with Gasteiger partial charge in [0.1, 0.15) is 28.6 Å². The molecule has 234 valence electrons. The van der Waals surface area contributed by atoms with Gasteiger partial charge in [0.25, 0.3) is 0 Å². The molecule has 0 bridgehead atoms. The van der Waals surface area contributed by atoms with E-state index in [0.29, 0.717) is 71.1 Å². The van der Waals surface area contributed by atoms with Crippen LogP contribution in [0, 0.1) is 23.5 Å². The van der Waals surface area contributed by atoms with E-state index in [0.717, 1.165) is 0 Å². The minimum Gasteiger partial charge on any atom is -0.443 e. The molecular formula is C34H27F4N5O3. The van der Waals surface area contributed by atoms with Gasteiger partial charge in [-0.1, -0.05) is 0 Å². The number of hydrogen-bond acceptors (Lipinski definition) is 8. The summed E-state index contributed by atoms with van der Waals surface area (Å²) in [6.07, 6.45) is 4.92. The van der Waals surface area contributed by atoms with E-state index in [2.05, 4.69) is 24.8 Å². The molecule has 0 saturated carbocycles. The first-order valence-corrected chi connectivity index (χ1v) is 14.3. The van der Waals surface area contributed by atoms with Crippen molar-refractivity contribution >= 4 is 0 Å². The summed E-state index contributed by atoms with van der Waals surface area (Å²) in [5.74, 6) is -0.996. The molecule has 1 fully saturated rings. The maximum Gasteiger partial charge on any atom is 0.227 e. The molecule has 8 nitrogen and oxygen atoms in total. The SMILES string of the molecule is CN1CCC(O)(c2nc(-c3ccc(F)cc3)c(-c3ccnc(F)c3)o2)CC1.Fc1ccc(-c2ncoc2-c2ccnc(F)c2)cc1. The summed E-state index contributed by atoms with van der Waals surface area (Å²) >= 11 is 0. The number of likely N-dealkylation sites (tertiary alicyclic amines) is 1.